The highest BCUT2D eigenvalue weighted by Crippen LogP contribution is 2.25. The van der Waals surface area contributed by atoms with E-state index < -0.39 is 30.1 Å². The molecule has 1 atom stereocenters. The number of aliphatic hydroxyl groups is 1. The summed E-state index contributed by atoms with van der Waals surface area (Å²) in [6, 6.07) is 6.81. The third-order valence-corrected chi connectivity index (χ3v) is 3.00. The summed E-state index contributed by atoms with van der Waals surface area (Å²) in [6.07, 6.45) is 0. The summed E-state index contributed by atoms with van der Waals surface area (Å²) in [4.78, 5) is 0. The molecule has 0 amide bonds. The van der Waals surface area contributed by atoms with Crippen LogP contribution in [-0.4, -0.2) is 11.7 Å². The van der Waals surface area contributed by atoms with Gasteiger partial charge >= 0.3 is 0 Å². The van der Waals surface area contributed by atoms with Crippen LogP contribution in [0.3, 0.4) is 0 Å². The summed E-state index contributed by atoms with van der Waals surface area (Å²) in [5.74, 6) is -3.38. The van der Waals surface area contributed by atoms with Crippen molar-refractivity contribution in [1.29, 1.82) is 0 Å². The van der Waals surface area contributed by atoms with Gasteiger partial charge in [0.25, 0.3) is 0 Å². The van der Waals surface area contributed by atoms with Gasteiger partial charge in [0.05, 0.1) is 12.6 Å². The summed E-state index contributed by atoms with van der Waals surface area (Å²) in [5.41, 5.74) is 0.368. The lowest BCUT2D eigenvalue weighted by Gasteiger charge is -2.19. The molecular formula is C14H11ClF3NO. The van der Waals surface area contributed by atoms with Crippen molar-refractivity contribution in [2.24, 2.45) is 0 Å². The number of hydrogen-bond donors (Lipinski definition) is 2. The summed E-state index contributed by atoms with van der Waals surface area (Å²) < 4.78 is 39.7. The van der Waals surface area contributed by atoms with E-state index in [2.05, 4.69) is 5.32 Å². The van der Waals surface area contributed by atoms with Crippen molar-refractivity contribution in [3.63, 3.8) is 0 Å². The van der Waals surface area contributed by atoms with Gasteiger partial charge in [-0.25, -0.2) is 13.2 Å². The molecule has 0 radical (unpaired) electrons. The Bertz CT molecular complexity index is 621. The first-order chi connectivity index (χ1) is 9.51. The van der Waals surface area contributed by atoms with Crippen LogP contribution >= 0.6 is 11.6 Å². The summed E-state index contributed by atoms with van der Waals surface area (Å²) in [6.45, 7) is -0.492. The first-order valence-corrected chi connectivity index (χ1v) is 6.16. The maximum Gasteiger partial charge on any atom is 0.161 e. The van der Waals surface area contributed by atoms with Gasteiger partial charge < -0.3 is 10.4 Å². The van der Waals surface area contributed by atoms with Gasteiger partial charge in [0, 0.05) is 22.3 Å². The van der Waals surface area contributed by atoms with Crippen LogP contribution in [-0.2, 0) is 0 Å². The van der Waals surface area contributed by atoms with E-state index in [-0.39, 0.29) is 5.56 Å². The van der Waals surface area contributed by atoms with Crippen LogP contribution in [0.15, 0.2) is 36.4 Å². The predicted octanol–water partition coefficient (Wildman–Crippen LogP) is 3.90. The Kier molecular flexibility index (Phi) is 4.52. The highest BCUT2D eigenvalue weighted by molar-refractivity contribution is 6.30. The Labute approximate surface area is 118 Å². The normalized spacial score (nSPS) is 12.2. The first-order valence-electron chi connectivity index (χ1n) is 5.78. The third-order valence-electron chi connectivity index (χ3n) is 2.76. The quantitative estimate of drug-likeness (QED) is 0.839. The van der Waals surface area contributed by atoms with Crippen molar-refractivity contribution in [3.05, 3.63) is 64.4 Å². The zero-order valence-corrected chi connectivity index (χ0v) is 11.0. The molecule has 0 saturated heterocycles. The number of benzene rings is 2. The molecule has 20 heavy (non-hydrogen) atoms. The van der Waals surface area contributed by atoms with Crippen molar-refractivity contribution >= 4 is 17.3 Å². The van der Waals surface area contributed by atoms with Crippen LogP contribution in [0.5, 0.6) is 0 Å². The molecule has 0 aliphatic rings. The average Bonchev–Trinajstić information content (AvgIpc) is 2.40. The van der Waals surface area contributed by atoms with E-state index in [0.717, 1.165) is 6.07 Å². The number of aliphatic hydroxyl groups excluding tert-OH is 1. The molecule has 0 heterocycles. The summed E-state index contributed by atoms with van der Waals surface area (Å²) in [7, 11) is 0. The Hall–Kier alpha value is -1.72. The van der Waals surface area contributed by atoms with Crippen molar-refractivity contribution in [2.45, 2.75) is 6.04 Å². The topological polar surface area (TPSA) is 32.3 Å². The second kappa shape index (κ2) is 6.15. The molecule has 6 heteroatoms. The molecule has 1 unspecified atom stereocenters. The van der Waals surface area contributed by atoms with Gasteiger partial charge in [-0.3, -0.25) is 0 Å². The Morgan fingerprint density at radius 2 is 1.75 bits per heavy atom. The minimum Gasteiger partial charge on any atom is -0.394 e. The number of rotatable bonds is 4. The highest BCUT2D eigenvalue weighted by Gasteiger charge is 2.18. The van der Waals surface area contributed by atoms with E-state index in [9.17, 15) is 18.3 Å². The van der Waals surface area contributed by atoms with Crippen LogP contribution in [0.4, 0.5) is 18.9 Å². The highest BCUT2D eigenvalue weighted by atomic mass is 35.5. The SMILES string of the molecule is OCC(Nc1cccc(Cl)c1)c1cc(F)c(F)cc1F. The third kappa shape index (κ3) is 3.23. The molecule has 2 N–H and O–H groups in total. The molecule has 2 aromatic rings. The van der Waals surface area contributed by atoms with E-state index in [4.69, 9.17) is 11.6 Å². The fourth-order valence-corrected chi connectivity index (χ4v) is 2.00. The van der Waals surface area contributed by atoms with Gasteiger partial charge in [-0.15, -0.1) is 0 Å². The molecule has 2 aromatic carbocycles. The molecule has 0 saturated carbocycles. The predicted molar refractivity (Wildman–Crippen MR) is 71.2 cm³/mol. The van der Waals surface area contributed by atoms with Gasteiger partial charge in [-0.1, -0.05) is 17.7 Å². The van der Waals surface area contributed by atoms with E-state index in [1.165, 1.54) is 0 Å². The van der Waals surface area contributed by atoms with Gasteiger partial charge in [0.1, 0.15) is 5.82 Å². The van der Waals surface area contributed by atoms with Crippen molar-refractivity contribution in [3.8, 4) is 0 Å². The largest absolute Gasteiger partial charge is 0.394 e. The maximum atomic E-state index is 13.7. The molecular weight excluding hydrogens is 291 g/mol. The number of halogens is 4. The second-order valence-electron chi connectivity index (χ2n) is 4.18. The Balaban J connectivity index is 2.31. The Morgan fingerprint density at radius 1 is 1.05 bits per heavy atom. The number of nitrogens with one attached hydrogen (secondary N) is 1. The molecule has 106 valence electrons. The van der Waals surface area contributed by atoms with Gasteiger partial charge in [-0.05, 0) is 24.3 Å². The van der Waals surface area contributed by atoms with Crippen molar-refractivity contribution in [1.82, 2.24) is 0 Å². The minimum atomic E-state index is -1.27. The zero-order valence-electron chi connectivity index (χ0n) is 10.2. The molecule has 2 rings (SSSR count). The zero-order chi connectivity index (χ0) is 14.7. The molecule has 0 aromatic heterocycles. The molecule has 0 spiro atoms. The van der Waals surface area contributed by atoms with Gasteiger partial charge in [-0.2, -0.15) is 0 Å². The lowest BCUT2D eigenvalue weighted by atomic mass is 10.1. The van der Waals surface area contributed by atoms with Crippen molar-refractivity contribution < 1.29 is 18.3 Å². The lowest BCUT2D eigenvalue weighted by Crippen LogP contribution is -2.17. The fourth-order valence-electron chi connectivity index (χ4n) is 1.81. The van der Waals surface area contributed by atoms with Gasteiger partial charge in [0.15, 0.2) is 11.6 Å². The standard InChI is InChI=1S/C14H11ClF3NO/c15-8-2-1-3-9(4-8)19-14(7-20)10-5-12(17)13(18)6-11(10)16/h1-6,14,19-20H,7H2. The molecule has 0 aliphatic heterocycles. The summed E-state index contributed by atoms with van der Waals surface area (Å²) in [5, 5.41) is 12.6. The molecule has 0 bridgehead atoms. The second-order valence-corrected chi connectivity index (χ2v) is 4.61. The molecule has 0 aliphatic carbocycles. The minimum absolute atomic E-state index is 0.161. The van der Waals surface area contributed by atoms with E-state index in [0.29, 0.717) is 16.8 Å². The van der Waals surface area contributed by atoms with Crippen LogP contribution in [0.1, 0.15) is 11.6 Å². The smallest absolute Gasteiger partial charge is 0.161 e. The first kappa shape index (κ1) is 14.7. The van der Waals surface area contributed by atoms with Gasteiger partial charge in [0.2, 0.25) is 0 Å². The number of anilines is 1. The van der Waals surface area contributed by atoms with E-state index in [1.54, 1.807) is 24.3 Å². The van der Waals surface area contributed by atoms with E-state index >= 15 is 0 Å². The number of hydrogen-bond acceptors (Lipinski definition) is 2. The van der Waals surface area contributed by atoms with Crippen LogP contribution in [0, 0.1) is 17.5 Å². The fraction of sp³-hybridized carbons (Fsp3) is 0.143. The van der Waals surface area contributed by atoms with Crippen LogP contribution < -0.4 is 5.32 Å². The maximum absolute atomic E-state index is 13.7. The van der Waals surface area contributed by atoms with Crippen LogP contribution in [0.25, 0.3) is 0 Å². The monoisotopic (exact) mass is 301 g/mol. The molecule has 2 nitrogen and oxygen atoms in total. The summed E-state index contributed by atoms with van der Waals surface area (Å²) >= 11 is 5.81. The lowest BCUT2D eigenvalue weighted by molar-refractivity contribution is 0.273. The van der Waals surface area contributed by atoms with Crippen LogP contribution in [0.2, 0.25) is 5.02 Å². The molecule has 0 fully saturated rings. The van der Waals surface area contributed by atoms with Crippen molar-refractivity contribution in [2.75, 3.05) is 11.9 Å². The average molecular weight is 302 g/mol. The van der Waals surface area contributed by atoms with E-state index in [1.807, 2.05) is 0 Å². The Morgan fingerprint density at radius 3 is 2.40 bits per heavy atom.